The summed E-state index contributed by atoms with van der Waals surface area (Å²) in [6, 6.07) is 10.2. The second-order valence-corrected chi connectivity index (χ2v) is 6.91. The van der Waals surface area contributed by atoms with Crippen LogP contribution in [0.15, 0.2) is 36.5 Å². The Morgan fingerprint density at radius 2 is 1.96 bits per heavy atom. The number of amides is 1. The molecule has 1 aliphatic heterocycles. The van der Waals surface area contributed by atoms with Gasteiger partial charge in [-0.05, 0) is 51.3 Å². The van der Waals surface area contributed by atoms with Gasteiger partial charge >= 0.3 is 0 Å². The predicted octanol–water partition coefficient (Wildman–Crippen LogP) is 2.70. The minimum absolute atomic E-state index is 0.129. The highest BCUT2D eigenvalue weighted by molar-refractivity contribution is 5.95. The van der Waals surface area contributed by atoms with Crippen molar-refractivity contribution in [3.8, 4) is 0 Å². The number of hydrogen-bond acceptors (Lipinski definition) is 3. The maximum absolute atomic E-state index is 12.9. The Bertz CT molecular complexity index is 687. The summed E-state index contributed by atoms with van der Waals surface area (Å²) in [6.45, 7) is 5.46. The molecular formula is C20H28N4O. The maximum Gasteiger partial charge on any atom is 0.257 e. The number of rotatable bonds is 6. The number of likely N-dealkylation sites (tertiary alicyclic amines) is 1. The molecule has 0 radical (unpaired) electrons. The van der Waals surface area contributed by atoms with Crippen LogP contribution in [0.5, 0.6) is 0 Å². The van der Waals surface area contributed by atoms with Crippen LogP contribution in [-0.2, 0) is 6.54 Å². The monoisotopic (exact) mass is 340 g/mol. The number of piperidine rings is 1. The first-order valence-corrected chi connectivity index (χ1v) is 9.19. The topological polar surface area (TPSA) is 50.2 Å². The van der Waals surface area contributed by atoms with Gasteiger partial charge in [0.25, 0.3) is 5.91 Å². The summed E-state index contributed by atoms with van der Waals surface area (Å²) in [5, 5.41) is 7.66. The van der Waals surface area contributed by atoms with Crippen LogP contribution < -0.4 is 5.32 Å². The molecule has 2 heterocycles. The molecule has 0 aliphatic carbocycles. The van der Waals surface area contributed by atoms with Crippen molar-refractivity contribution in [2.45, 2.75) is 32.7 Å². The Balaban J connectivity index is 1.62. The van der Waals surface area contributed by atoms with Gasteiger partial charge in [-0.2, -0.15) is 5.10 Å². The molecule has 1 aromatic carbocycles. The molecule has 1 amide bonds. The molecule has 0 atom stereocenters. The summed E-state index contributed by atoms with van der Waals surface area (Å²) < 4.78 is 1.92. The van der Waals surface area contributed by atoms with Gasteiger partial charge in [0.15, 0.2) is 0 Å². The predicted molar refractivity (Wildman–Crippen MR) is 99.7 cm³/mol. The van der Waals surface area contributed by atoms with Gasteiger partial charge in [0.05, 0.1) is 18.3 Å². The average molecular weight is 340 g/mol. The Kier molecular flexibility index (Phi) is 5.87. The van der Waals surface area contributed by atoms with E-state index in [0.717, 1.165) is 49.7 Å². The van der Waals surface area contributed by atoms with Gasteiger partial charge in [0.2, 0.25) is 0 Å². The van der Waals surface area contributed by atoms with Gasteiger partial charge in [0, 0.05) is 18.8 Å². The van der Waals surface area contributed by atoms with Crippen molar-refractivity contribution in [1.29, 1.82) is 0 Å². The largest absolute Gasteiger partial charge is 0.339 e. The van der Waals surface area contributed by atoms with E-state index in [1.54, 1.807) is 6.20 Å². The molecule has 0 unspecified atom stereocenters. The number of carbonyl (C=O) groups excluding carboxylic acids is 1. The number of benzene rings is 1. The molecule has 5 heteroatoms. The van der Waals surface area contributed by atoms with Crippen LogP contribution in [0.3, 0.4) is 0 Å². The first-order chi connectivity index (χ1) is 12.2. The fourth-order valence-electron chi connectivity index (χ4n) is 3.52. The summed E-state index contributed by atoms with van der Waals surface area (Å²) in [4.78, 5) is 14.9. The third-order valence-electron chi connectivity index (χ3n) is 5.21. The van der Waals surface area contributed by atoms with Crippen molar-refractivity contribution >= 4 is 5.91 Å². The van der Waals surface area contributed by atoms with E-state index in [-0.39, 0.29) is 5.91 Å². The standard InChI is InChI=1S/C20H28N4O/c1-16-19(14-22-24(16)15-18-6-4-3-5-7-18)20(25)23-12-9-17(10-13-23)8-11-21-2/h3-7,14,17,21H,8-13,15H2,1-2H3. The number of nitrogens with zero attached hydrogens (tertiary/aromatic N) is 3. The van der Waals surface area contributed by atoms with Crippen molar-refractivity contribution < 1.29 is 4.79 Å². The van der Waals surface area contributed by atoms with Gasteiger partial charge in [-0.25, -0.2) is 0 Å². The Labute approximate surface area is 150 Å². The first kappa shape index (κ1) is 17.7. The fourth-order valence-corrected chi connectivity index (χ4v) is 3.52. The van der Waals surface area contributed by atoms with E-state index >= 15 is 0 Å². The van der Waals surface area contributed by atoms with Crippen LogP contribution in [0.2, 0.25) is 0 Å². The molecule has 134 valence electrons. The van der Waals surface area contributed by atoms with Crippen molar-refractivity contribution in [3.63, 3.8) is 0 Å². The van der Waals surface area contributed by atoms with E-state index in [2.05, 4.69) is 22.5 Å². The molecular weight excluding hydrogens is 312 g/mol. The molecule has 1 aromatic heterocycles. The van der Waals surface area contributed by atoms with Crippen molar-refractivity contribution in [2.24, 2.45) is 5.92 Å². The lowest BCUT2D eigenvalue weighted by Gasteiger charge is -2.32. The fraction of sp³-hybridized carbons (Fsp3) is 0.500. The highest BCUT2D eigenvalue weighted by Crippen LogP contribution is 2.22. The summed E-state index contributed by atoms with van der Waals surface area (Å²) in [5.74, 6) is 0.863. The van der Waals surface area contributed by atoms with Crippen LogP contribution in [0.1, 0.15) is 40.9 Å². The summed E-state index contributed by atoms with van der Waals surface area (Å²) >= 11 is 0. The Morgan fingerprint density at radius 1 is 1.24 bits per heavy atom. The first-order valence-electron chi connectivity index (χ1n) is 9.19. The van der Waals surface area contributed by atoms with Gasteiger partial charge in [-0.1, -0.05) is 30.3 Å². The SMILES string of the molecule is CNCCC1CCN(C(=O)c2cnn(Cc3ccccc3)c2C)CC1. The highest BCUT2D eigenvalue weighted by atomic mass is 16.2. The lowest BCUT2D eigenvalue weighted by Crippen LogP contribution is -2.39. The van der Waals surface area contributed by atoms with Crippen LogP contribution in [-0.4, -0.2) is 47.3 Å². The normalized spacial score (nSPS) is 15.5. The molecule has 0 saturated carbocycles. The Morgan fingerprint density at radius 3 is 2.64 bits per heavy atom. The molecule has 1 aliphatic rings. The molecule has 2 aromatic rings. The minimum Gasteiger partial charge on any atom is -0.339 e. The molecule has 25 heavy (non-hydrogen) atoms. The lowest BCUT2D eigenvalue weighted by molar-refractivity contribution is 0.0686. The van der Waals surface area contributed by atoms with E-state index in [0.29, 0.717) is 6.54 Å². The lowest BCUT2D eigenvalue weighted by atomic mass is 9.93. The third kappa shape index (κ3) is 4.28. The zero-order valence-corrected chi connectivity index (χ0v) is 15.2. The second-order valence-electron chi connectivity index (χ2n) is 6.91. The minimum atomic E-state index is 0.129. The smallest absolute Gasteiger partial charge is 0.257 e. The second kappa shape index (κ2) is 8.30. The maximum atomic E-state index is 12.9. The van der Waals surface area contributed by atoms with Crippen molar-refractivity contribution in [3.05, 3.63) is 53.3 Å². The highest BCUT2D eigenvalue weighted by Gasteiger charge is 2.25. The summed E-state index contributed by atoms with van der Waals surface area (Å²) in [7, 11) is 1.99. The third-order valence-corrected chi connectivity index (χ3v) is 5.21. The van der Waals surface area contributed by atoms with Crippen LogP contribution in [0, 0.1) is 12.8 Å². The quantitative estimate of drug-likeness (QED) is 0.880. The zero-order chi connectivity index (χ0) is 17.6. The van der Waals surface area contributed by atoms with Crippen molar-refractivity contribution in [1.82, 2.24) is 20.0 Å². The van der Waals surface area contributed by atoms with Gasteiger partial charge in [0.1, 0.15) is 0 Å². The molecule has 1 N–H and O–H groups in total. The molecule has 1 saturated heterocycles. The van der Waals surface area contributed by atoms with E-state index in [4.69, 9.17) is 0 Å². The van der Waals surface area contributed by atoms with Crippen molar-refractivity contribution in [2.75, 3.05) is 26.7 Å². The van der Waals surface area contributed by atoms with Crippen LogP contribution in [0.4, 0.5) is 0 Å². The number of nitrogens with one attached hydrogen (secondary N) is 1. The van der Waals surface area contributed by atoms with E-state index in [1.807, 2.05) is 41.8 Å². The Hall–Kier alpha value is -2.14. The van der Waals surface area contributed by atoms with E-state index < -0.39 is 0 Å². The average Bonchev–Trinajstić information content (AvgIpc) is 3.01. The molecule has 0 bridgehead atoms. The number of carbonyl (C=O) groups is 1. The molecule has 3 rings (SSSR count). The number of aromatic nitrogens is 2. The van der Waals surface area contributed by atoms with Gasteiger partial charge in [-0.15, -0.1) is 0 Å². The zero-order valence-electron chi connectivity index (χ0n) is 15.2. The molecule has 0 spiro atoms. The summed E-state index contributed by atoms with van der Waals surface area (Å²) in [6.07, 6.45) is 5.13. The molecule has 1 fully saturated rings. The number of hydrogen-bond donors (Lipinski definition) is 1. The summed E-state index contributed by atoms with van der Waals surface area (Å²) in [5.41, 5.74) is 2.88. The van der Waals surface area contributed by atoms with E-state index in [1.165, 1.54) is 12.0 Å². The van der Waals surface area contributed by atoms with Gasteiger partial charge in [-0.3, -0.25) is 9.48 Å². The van der Waals surface area contributed by atoms with Gasteiger partial charge < -0.3 is 10.2 Å². The molecule has 5 nitrogen and oxygen atoms in total. The van der Waals surface area contributed by atoms with Crippen LogP contribution in [0.25, 0.3) is 0 Å². The van der Waals surface area contributed by atoms with E-state index in [9.17, 15) is 4.79 Å². The van der Waals surface area contributed by atoms with Crippen LogP contribution >= 0.6 is 0 Å².